The molecule has 0 aliphatic rings. The van der Waals surface area contributed by atoms with E-state index in [0.29, 0.717) is 17.7 Å². The first kappa shape index (κ1) is 20.6. The molecule has 1 unspecified atom stereocenters. The van der Waals surface area contributed by atoms with Gasteiger partial charge in [-0.25, -0.2) is 13.2 Å². The molecule has 0 radical (unpaired) electrons. The predicted octanol–water partition coefficient (Wildman–Crippen LogP) is 5.86. The summed E-state index contributed by atoms with van der Waals surface area (Å²) in [4.78, 5) is 4.54. The van der Waals surface area contributed by atoms with Crippen LogP contribution in [0.1, 0.15) is 34.9 Å². The van der Waals surface area contributed by atoms with E-state index in [-0.39, 0.29) is 5.56 Å². The van der Waals surface area contributed by atoms with Crippen LogP contribution in [0.2, 0.25) is 0 Å². The SMILES string of the molecule is C=CNC(Cc1ccccc1)(c1cc(F)cc(C(C)(F)F)c1)c1ccc(C)cn1. The van der Waals surface area contributed by atoms with Crippen LogP contribution in [0.15, 0.2) is 79.6 Å². The number of hydrogen-bond acceptors (Lipinski definition) is 2. The van der Waals surface area contributed by atoms with Crippen LogP contribution in [0, 0.1) is 12.7 Å². The summed E-state index contributed by atoms with van der Waals surface area (Å²) in [6.45, 7) is 6.44. The summed E-state index contributed by atoms with van der Waals surface area (Å²) < 4.78 is 42.5. The Morgan fingerprint density at radius 2 is 1.72 bits per heavy atom. The molecule has 0 saturated heterocycles. The molecule has 5 heteroatoms. The van der Waals surface area contributed by atoms with Gasteiger partial charge in [-0.2, -0.15) is 0 Å². The van der Waals surface area contributed by atoms with Crippen LogP contribution in [0.3, 0.4) is 0 Å². The van der Waals surface area contributed by atoms with Gasteiger partial charge in [-0.05, 0) is 54.1 Å². The number of hydrogen-bond donors (Lipinski definition) is 1. The number of aromatic nitrogens is 1. The first-order valence-electron chi connectivity index (χ1n) is 9.29. The van der Waals surface area contributed by atoms with E-state index in [9.17, 15) is 13.2 Å². The van der Waals surface area contributed by atoms with Crippen LogP contribution in [-0.4, -0.2) is 4.98 Å². The Labute approximate surface area is 169 Å². The summed E-state index contributed by atoms with van der Waals surface area (Å²) in [5, 5.41) is 3.19. The van der Waals surface area contributed by atoms with Crippen LogP contribution >= 0.6 is 0 Å². The third-order valence-corrected chi connectivity index (χ3v) is 4.91. The van der Waals surface area contributed by atoms with E-state index in [4.69, 9.17) is 0 Å². The summed E-state index contributed by atoms with van der Waals surface area (Å²) in [6, 6.07) is 16.7. The first-order valence-corrected chi connectivity index (χ1v) is 9.29. The van der Waals surface area contributed by atoms with Crippen molar-refractivity contribution in [1.82, 2.24) is 10.3 Å². The molecular weight excluding hydrogens is 373 g/mol. The molecule has 0 saturated carbocycles. The topological polar surface area (TPSA) is 24.9 Å². The highest BCUT2D eigenvalue weighted by molar-refractivity contribution is 5.42. The summed E-state index contributed by atoms with van der Waals surface area (Å²) in [5.74, 6) is -3.90. The van der Waals surface area contributed by atoms with Gasteiger partial charge in [0.05, 0.1) is 5.69 Å². The minimum atomic E-state index is -3.18. The molecular formula is C24H23F3N2. The summed E-state index contributed by atoms with van der Waals surface area (Å²) >= 11 is 0. The number of benzene rings is 2. The van der Waals surface area contributed by atoms with Crippen molar-refractivity contribution >= 4 is 0 Å². The van der Waals surface area contributed by atoms with Gasteiger partial charge in [-0.3, -0.25) is 4.98 Å². The van der Waals surface area contributed by atoms with E-state index < -0.39 is 17.3 Å². The normalized spacial score (nSPS) is 13.6. The summed E-state index contributed by atoms with van der Waals surface area (Å²) in [7, 11) is 0. The maximum Gasteiger partial charge on any atom is 0.270 e. The van der Waals surface area contributed by atoms with E-state index in [1.165, 1.54) is 18.3 Å². The van der Waals surface area contributed by atoms with Gasteiger partial charge in [0.15, 0.2) is 0 Å². The Bertz CT molecular complexity index is 979. The van der Waals surface area contributed by atoms with Gasteiger partial charge in [0, 0.05) is 25.1 Å². The van der Waals surface area contributed by atoms with Crippen molar-refractivity contribution in [3.8, 4) is 0 Å². The number of pyridine rings is 1. The second-order valence-corrected chi connectivity index (χ2v) is 7.25. The maximum absolute atomic E-state index is 14.4. The highest BCUT2D eigenvalue weighted by Crippen LogP contribution is 2.37. The van der Waals surface area contributed by atoms with Crippen molar-refractivity contribution in [2.75, 3.05) is 0 Å². The lowest BCUT2D eigenvalue weighted by molar-refractivity contribution is 0.0170. The molecule has 3 rings (SSSR count). The Morgan fingerprint density at radius 3 is 2.31 bits per heavy atom. The number of nitrogens with zero attached hydrogens (tertiary/aromatic N) is 1. The first-order chi connectivity index (χ1) is 13.7. The molecule has 0 amide bonds. The molecule has 0 bridgehead atoms. The van der Waals surface area contributed by atoms with Crippen molar-refractivity contribution in [3.63, 3.8) is 0 Å². The van der Waals surface area contributed by atoms with Gasteiger partial charge in [-0.1, -0.05) is 43.0 Å². The minimum Gasteiger partial charge on any atom is -0.377 e. The molecule has 0 fully saturated rings. The quantitative estimate of drug-likeness (QED) is 0.541. The number of alkyl halides is 2. The number of nitrogens with one attached hydrogen (secondary N) is 1. The van der Waals surface area contributed by atoms with E-state index in [0.717, 1.165) is 24.1 Å². The van der Waals surface area contributed by atoms with Crippen molar-refractivity contribution in [3.05, 3.63) is 113 Å². The molecule has 1 atom stereocenters. The molecule has 1 N–H and O–H groups in total. The van der Waals surface area contributed by atoms with E-state index in [2.05, 4.69) is 16.9 Å². The Kier molecular flexibility index (Phi) is 5.78. The standard InChI is InChI=1S/C24H23F3N2/c1-4-29-24(15-18-8-6-5-7-9-18,22-11-10-17(2)16-28-22)20-12-19(23(3,26)27)13-21(25)14-20/h4-14,16,29H,1,15H2,2-3H3. The molecule has 1 heterocycles. The smallest absolute Gasteiger partial charge is 0.270 e. The third-order valence-electron chi connectivity index (χ3n) is 4.91. The van der Waals surface area contributed by atoms with Gasteiger partial charge in [-0.15, -0.1) is 0 Å². The monoisotopic (exact) mass is 396 g/mol. The van der Waals surface area contributed by atoms with Crippen molar-refractivity contribution in [2.24, 2.45) is 0 Å². The van der Waals surface area contributed by atoms with E-state index in [1.807, 2.05) is 49.4 Å². The highest BCUT2D eigenvalue weighted by atomic mass is 19.3. The largest absolute Gasteiger partial charge is 0.377 e. The second kappa shape index (κ2) is 8.11. The molecule has 0 aliphatic heterocycles. The molecule has 150 valence electrons. The van der Waals surface area contributed by atoms with Crippen molar-refractivity contribution < 1.29 is 13.2 Å². The number of halogens is 3. The molecule has 1 aromatic heterocycles. The van der Waals surface area contributed by atoms with Gasteiger partial charge < -0.3 is 5.32 Å². The Hall–Kier alpha value is -3.08. The zero-order valence-electron chi connectivity index (χ0n) is 16.4. The lowest BCUT2D eigenvalue weighted by atomic mass is 9.79. The van der Waals surface area contributed by atoms with Crippen molar-refractivity contribution in [2.45, 2.75) is 31.7 Å². The average molecular weight is 396 g/mol. The fourth-order valence-electron chi connectivity index (χ4n) is 3.43. The van der Waals surface area contributed by atoms with Crippen LogP contribution < -0.4 is 5.32 Å². The van der Waals surface area contributed by atoms with E-state index in [1.54, 1.807) is 6.20 Å². The second-order valence-electron chi connectivity index (χ2n) is 7.25. The minimum absolute atomic E-state index is 0.356. The molecule has 2 aromatic carbocycles. The van der Waals surface area contributed by atoms with Crippen LogP contribution in [0.4, 0.5) is 13.2 Å². The number of rotatable bonds is 7. The molecule has 3 aromatic rings. The molecule has 0 spiro atoms. The Morgan fingerprint density at radius 1 is 1.03 bits per heavy atom. The van der Waals surface area contributed by atoms with Crippen LogP contribution in [-0.2, 0) is 17.9 Å². The highest BCUT2D eigenvalue weighted by Gasteiger charge is 2.37. The summed E-state index contributed by atoms with van der Waals surface area (Å²) in [6.07, 6.45) is 3.56. The predicted molar refractivity (Wildman–Crippen MR) is 109 cm³/mol. The van der Waals surface area contributed by atoms with Gasteiger partial charge in [0.2, 0.25) is 0 Å². The van der Waals surface area contributed by atoms with Gasteiger partial charge in [0.1, 0.15) is 11.4 Å². The average Bonchev–Trinajstić information content (AvgIpc) is 2.68. The fraction of sp³-hybridized carbons (Fsp3) is 0.208. The molecule has 29 heavy (non-hydrogen) atoms. The Balaban J connectivity index is 2.27. The molecule has 2 nitrogen and oxygen atoms in total. The number of aryl methyl sites for hydroxylation is 1. The lowest BCUT2D eigenvalue weighted by Gasteiger charge is -2.35. The maximum atomic E-state index is 14.4. The molecule has 0 aliphatic carbocycles. The van der Waals surface area contributed by atoms with Gasteiger partial charge >= 0.3 is 0 Å². The third kappa shape index (κ3) is 4.50. The van der Waals surface area contributed by atoms with Gasteiger partial charge in [0.25, 0.3) is 5.92 Å². The van der Waals surface area contributed by atoms with Crippen LogP contribution in [0.25, 0.3) is 0 Å². The zero-order chi connectivity index (χ0) is 21.1. The summed E-state index contributed by atoms with van der Waals surface area (Å²) in [5.41, 5.74) is 1.39. The fourth-order valence-corrected chi connectivity index (χ4v) is 3.43. The lowest BCUT2D eigenvalue weighted by Crippen LogP contribution is -2.43. The van der Waals surface area contributed by atoms with Crippen LogP contribution in [0.5, 0.6) is 0 Å². The van der Waals surface area contributed by atoms with E-state index >= 15 is 0 Å². The zero-order valence-corrected chi connectivity index (χ0v) is 16.4. The van der Waals surface area contributed by atoms with Crippen molar-refractivity contribution in [1.29, 1.82) is 0 Å².